The summed E-state index contributed by atoms with van der Waals surface area (Å²) in [5, 5.41) is 17.2. The second-order valence-corrected chi connectivity index (χ2v) is 5.93. The number of nitrogens with zero attached hydrogens (tertiary/aromatic N) is 6. The van der Waals surface area contributed by atoms with Crippen molar-refractivity contribution < 1.29 is 0 Å². The Hall–Kier alpha value is -2.76. The lowest BCUT2D eigenvalue weighted by molar-refractivity contribution is 0.242. The first kappa shape index (κ1) is 12.9. The van der Waals surface area contributed by atoms with Crippen molar-refractivity contribution in [2.75, 3.05) is 0 Å². The Labute approximate surface area is 127 Å². The molecule has 0 aliphatic rings. The fourth-order valence-corrected chi connectivity index (χ4v) is 2.88. The van der Waals surface area contributed by atoms with Gasteiger partial charge in [-0.3, -0.25) is 0 Å². The van der Waals surface area contributed by atoms with Crippen LogP contribution in [0.3, 0.4) is 0 Å². The van der Waals surface area contributed by atoms with E-state index in [9.17, 15) is 0 Å². The second kappa shape index (κ2) is 4.37. The minimum absolute atomic E-state index is 0.517. The molecule has 0 saturated heterocycles. The van der Waals surface area contributed by atoms with E-state index in [-0.39, 0.29) is 0 Å². The molecule has 0 N–H and O–H groups in total. The van der Waals surface area contributed by atoms with Crippen LogP contribution in [0.5, 0.6) is 0 Å². The molecule has 0 bridgehead atoms. The largest absolute Gasteiger partial charge is 0.218 e. The number of para-hydroxylation sites is 2. The van der Waals surface area contributed by atoms with Crippen molar-refractivity contribution in [2.45, 2.75) is 26.4 Å². The first-order valence-corrected chi connectivity index (χ1v) is 7.21. The van der Waals surface area contributed by atoms with E-state index >= 15 is 0 Å². The van der Waals surface area contributed by atoms with E-state index in [0.717, 1.165) is 27.6 Å². The maximum absolute atomic E-state index is 4.37. The molecule has 0 radical (unpaired) electrons. The highest BCUT2D eigenvalue weighted by atomic mass is 15.6. The Morgan fingerprint density at radius 3 is 2.36 bits per heavy atom. The fraction of sp³-hybridized carbons (Fsp3) is 0.250. The van der Waals surface area contributed by atoms with Crippen LogP contribution in [-0.4, -0.2) is 30.0 Å². The molecule has 0 fully saturated rings. The highest BCUT2D eigenvalue weighted by Gasteiger charge is 2.29. The monoisotopic (exact) mass is 292 g/mol. The first-order chi connectivity index (χ1) is 10.6. The SMILES string of the molecule is Cc1cccc2nnn(C(C)(C)n3nnc4ccccc43)c12. The van der Waals surface area contributed by atoms with Crippen molar-refractivity contribution in [2.24, 2.45) is 0 Å². The zero-order chi connectivity index (χ0) is 15.3. The van der Waals surface area contributed by atoms with Crippen LogP contribution in [0.25, 0.3) is 22.1 Å². The van der Waals surface area contributed by atoms with E-state index < -0.39 is 5.66 Å². The summed E-state index contributed by atoms with van der Waals surface area (Å²) in [6, 6.07) is 14.0. The lowest BCUT2D eigenvalue weighted by Crippen LogP contribution is -2.37. The van der Waals surface area contributed by atoms with Gasteiger partial charge in [0.2, 0.25) is 0 Å². The predicted octanol–water partition coefficient (Wildman–Crippen LogP) is 2.73. The molecular weight excluding hydrogens is 276 g/mol. The zero-order valence-corrected chi connectivity index (χ0v) is 12.7. The molecule has 4 rings (SSSR count). The lowest BCUT2D eigenvalue weighted by atomic mass is 10.1. The highest BCUT2D eigenvalue weighted by molar-refractivity contribution is 5.78. The maximum atomic E-state index is 4.37. The van der Waals surface area contributed by atoms with Gasteiger partial charge in [-0.15, -0.1) is 10.2 Å². The number of hydrogen-bond acceptors (Lipinski definition) is 4. The molecule has 0 spiro atoms. The standard InChI is InChI=1S/C16H16N6/c1-11-7-6-9-13-15(11)22(20-18-13)16(2,3)21-14-10-5-4-8-12(14)17-19-21/h4-10H,1-3H3. The minimum Gasteiger partial charge on any atom is -0.218 e. The molecule has 0 aliphatic carbocycles. The van der Waals surface area contributed by atoms with E-state index in [0.29, 0.717) is 0 Å². The topological polar surface area (TPSA) is 61.4 Å². The van der Waals surface area contributed by atoms with Crippen LogP contribution in [-0.2, 0) is 5.66 Å². The summed E-state index contributed by atoms with van der Waals surface area (Å²) in [6.07, 6.45) is 0. The van der Waals surface area contributed by atoms with Crippen molar-refractivity contribution in [3.63, 3.8) is 0 Å². The third kappa shape index (κ3) is 1.67. The zero-order valence-electron chi connectivity index (χ0n) is 12.7. The molecule has 2 aromatic heterocycles. The molecule has 0 aliphatic heterocycles. The summed E-state index contributed by atoms with van der Waals surface area (Å²) in [5.74, 6) is 0. The summed E-state index contributed by atoms with van der Waals surface area (Å²) in [6.45, 7) is 6.20. The Balaban J connectivity index is 2.00. The third-order valence-electron chi connectivity index (χ3n) is 4.06. The van der Waals surface area contributed by atoms with E-state index in [1.54, 1.807) is 0 Å². The number of aromatic nitrogens is 6. The van der Waals surface area contributed by atoms with Crippen molar-refractivity contribution in [1.29, 1.82) is 0 Å². The van der Waals surface area contributed by atoms with E-state index in [1.165, 1.54) is 0 Å². The van der Waals surface area contributed by atoms with Crippen molar-refractivity contribution >= 4 is 22.1 Å². The van der Waals surface area contributed by atoms with Crippen molar-refractivity contribution in [1.82, 2.24) is 30.0 Å². The molecule has 4 aromatic rings. The van der Waals surface area contributed by atoms with Crippen LogP contribution in [0.15, 0.2) is 42.5 Å². The van der Waals surface area contributed by atoms with Crippen LogP contribution in [0.4, 0.5) is 0 Å². The van der Waals surface area contributed by atoms with Gasteiger partial charge in [-0.25, -0.2) is 9.36 Å². The number of hydrogen-bond donors (Lipinski definition) is 0. The molecule has 22 heavy (non-hydrogen) atoms. The Morgan fingerprint density at radius 2 is 1.50 bits per heavy atom. The molecule has 2 heterocycles. The summed E-state index contributed by atoms with van der Waals surface area (Å²) in [5.41, 5.74) is 4.38. The van der Waals surface area contributed by atoms with Gasteiger partial charge in [-0.2, -0.15) is 0 Å². The van der Waals surface area contributed by atoms with E-state index in [4.69, 9.17) is 0 Å². The minimum atomic E-state index is -0.517. The van der Waals surface area contributed by atoms with Gasteiger partial charge in [-0.1, -0.05) is 34.7 Å². The normalized spacial score (nSPS) is 12.3. The Kier molecular flexibility index (Phi) is 2.57. The van der Waals surface area contributed by atoms with Crippen LogP contribution < -0.4 is 0 Å². The average Bonchev–Trinajstić information content (AvgIpc) is 3.12. The molecule has 0 unspecified atom stereocenters. The van der Waals surface area contributed by atoms with Crippen molar-refractivity contribution in [3.8, 4) is 0 Å². The first-order valence-electron chi connectivity index (χ1n) is 7.21. The van der Waals surface area contributed by atoms with Gasteiger partial charge in [0, 0.05) is 0 Å². The maximum Gasteiger partial charge on any atom is 0.153 e. The van der Waals surface area contributed by atoms with E-state index in [2.05, 4.69) is 47.5 Å². The van der Waals surface area contributed by atoms with Gasteiger partial charge < -0.3 is 0 Å². The second-order valence-electron chi connectivity index (χ2n) is 5.93. The quantitative estimate of drug-likeness (QED) is 0.570. The van der Waals surface area contributed by atoms with Crippen LogP contribution in [0, 0.1) is 6.92 Å². The highest BCUT2D eigenvalue weighted by Crippen LogP contribution is 2.26. The van der Waals surface area contributed by atoms with Gasteiger partial charge in [0.1, 0.15) is 11.0 Å². The average molecular weight is 292 g/mol. The summed E-state index contributed by atoms with van der Waals surface area (Å²) in [4.78, 5) is 0. The van der Waals surface area contributed by atoms with Crippen LogP contribution in [0.1, 0.15) is 19.4 Å². The van der Waals surface area contributed by atoms with Crippen LogP contribution in [0.2, 0.25) is 0 Å². The van der Waals surface area contributed by atoms with Gasteiger partial charge in [-0.05, 0) is 44.5 Å². The smallest absolute Gasteiger partial charge is 0.153 e. The number of benzene rings is 2. The summed E-state index contributed by atoms with van der Waals surface area (Å²) in [7, 11) is 0. The molecular formula is C16H16N6. The van der Waals surface area contributed by atoms with Crippen molar-refractivity contribution in [3.05, 3.63) is 48.0 Å². The van der Waals surface area contributed by atoms with Crippen LogP contribution >= 0.6 is 0 Å². The number of aryl methyl sites for hydroxylation is 1. The third-order valence-corrected chi connectivity index (χ3v) is 4.06. The molecule has 6 nitrogen and oxygen atoms in total. The fourth-order valence-electron chi connectivity index (χ4n) is 2.88. The van der Waals surface area contributed by atoms with Gasteiger partial charge in [0.05, 0.1) is 11.0 Å². The number of fused-ring (bicyclic) bond motifs is 2. The Bertz CT molecular complexity index is 979. The molecule has 2 aromatic carbocycles. The lowest BCUT2D eigenvalue weighted by Gasteiger charge is -2.26. The van der Waals surface area contributed by atoms with Gasteiger partial charge >= 0.3 is 0 Å². The molecule has 6 heteroatoms. The van der Waals surface area contributed by atoms with Gasteiger partial charge in [0.25, 0.3) is 0 Å². The Morgan fingerprint density at radius 1 is 0.818 bits per heavy atom. The summed E-state index contributed by atoms with van der Waals surface area (Å²) < 4.78 is 3.81. The molecule has 0 saturated carbocycles. The molecule has 110 valence electrons. The number of rotatable bonds is 2. The molecule has 0 amide bonds. The van der Waals surface area contributed by atoms with E-state index in [1.807, 2.05) is 45.8 Å². The molecule has 0 atom stereocenters. The predicted molar refractivity (Wildman–Crippen MR) is 84.5 cm³/mol. The summed E-state index contributed by atoms with van der Waals surface area (Å²) >= 11 is 0. The van der Waals surface area contributed by atoms with Gasteiger partial charge in [0.15, 0.2) is 5.66 Å².